The van der Waals surface area contributed by atoms with E-state index >= 15 is 0 Å². The number of hydrogen-bond acceptors (Lipinski definition) is 2. The van der Waals surface area contributed by atoms with Crippen molar-refractivity contribution in [3.63, 3.8) is 0 Å². The summed E-state index contributed by atoms with van der Waals surface area (Å²) in [5.74, 6) is 1.86. The number of hydrogen-bond donors (Lipinski definition) is 2. The average Bonchev–Trinajstić information content (AvgIpc) is 2.03. The molecule has 2 nitrogen and oxygen atoms in total. The second-order valence-electron chi connectivity index (χ2n) is 5.12. The predicted molar refractivity (Wildman–Crippen MR) is 48.5 cm³/mol. The molecule has 3 aliphatic rings. The molecule has 0 aromatic heterocycles. The molecule has 3 rings (SSSR count). The minimum atomic E-state index is 0.245. The number of aliphatic hydroxyl groups excluding tert-OH is 1. The van der Waals surface area contributed by atoms with Gasteiger partial charge in [-0.3, -0.25) is 0 Å². The van der Waals surface area contributed by atoms with E-state index in [1.807, 2.05) is 0 Å². The van der Waals surface area contributed by atoms with Crippen LogP contribution in [-0.2, 0) is 0 Å². The summed E-state index contributed by atoms with van der Waals surface area (Å²) in [5.41, 5.74) is 6.54. The van der Waals surface area contributed by atoms with Gasteiger partial charge in [0.2, 0.25) is 0 Å². The molecular formula is C10H19NO. The van der Waals surface area contributed by atoms with E-state index < -0.39 is 0 Å². The molecule has 0 aromatic rings. The van der Waals surface area contributed by atoms with Crippen molar-refractivity contribution < 1.29 is 5.11 Å². The first kappa shape index (κ1) is 8.52. The van der Waals surface area contributed by atoms with E-state index in [0.29, 0.717) is 17.3 Å². The van der Waals surface area contributed by atoms with E-state index in [4.69, 9.17) is 10.8 Å². The number of nitrogens with two attached hydrogens (primary N) is 1. The third-order valence-corrected chi connectivity index (χ3v) is 4.38. The van der Waals surface area contributed by atoms with Gasteiger partial charge in [-0.15, -0.1) is 0 Å². The van der Waals surface area contributed by atoms with Gasteiger partial charge in [-0.25, -0.2) is 0 Å². The van der Waals surface area contributed by atoms with Crippen LogP contribution < -0.4 is 5.73 Å². The van der Waals surface area contributed by atoms with Crippen LogP contribution in [0.5, 0.6) is 0 Å². The van der Waals surface area contributed by atoms with Crippen LogP contribution in [0, 0.1) is 23.2 Å². The minimum Gasteiger partial charge on any atom is -0.396 e. The molecule has 3 fully saturated rings. The Balaban J connectivity index is 2.11. The van der Waals surface area contributed by atoms with Gasteiger partial charge in [-0.2, -0.15) is 0 Å². The summed E-state index contributed by atoms with van der Waals surface area (Å²) in [6.45, 7) is 4.92. The number of fused-ring (bicyclic) bond motifs is 2. The van der Waals surface area contributed by atoms with Crippen molar-refractivity contribution >= 4 is 0 Å². The van der Waals surface area contributed by atoms with Crippen LogP contribution >= 0.6 is 0 Å². The van der Waals surface area contributed by atoms with Crippen molar-refractivity contribution in [2.24, 2.45) is 28.9 Å². The van der Waals surface area contributed by atoms with Gasteiger partial charge in [0.05, 0.1) is 0 Å². The Bertz CT molecular complexity index is 190. The normalized spacial score (nSPS) is 50.0. The van der Waals surface area contributed by atoms with Crippen LogP contribution in [0.4, 0.5) is 0 Å². The molecule has 3 saturated carbocycles. The van der Waals surface area contributed by atoms with Gasteiger partial charge in [0.15, 0.2) is 0 Å². The van der Waals surface area contributed by atoms with Gasteiger partial charge in [0, 0.05) is 12.6 Å². The standard InChI is InChI=1S/C10H19NO/c1-10(2)7-3-6(5-12)9(11)8(10)4-7/h6-9,12H,3-5,11H2,1-2H3/t6-,7+,8+,9-/m1/s1. The van der Waals surface area contributed by atoms with Crippen molar-refractivity contribution in [3.05, 3.63) is 0 Å². The van der Waals surface area contributed by atoms with Gasteiger partial charge < -0.3 is 10.8 Å². The van der Waals surface area contributed by atoms with Crippen molar-refractivity contribution in [3.8, 4) is 0 Å². The third kappa shape index (κ3) is 0.882. The minimum absolute atomic E-state index is 0.245. The SMILES string of the molecule is CC1(C)[C@H]2C[C@H](CO)[C@@H](N)[C@@H]1C2. The van der Waals surface area contributed by atoms with Gasteiger partial charge in [-0.05, 0) is 36.0 Å². The molecule has 0 aromatic carbocycles. The molecule has 3 N–H and O–H groups in total. The van der Waals surface area contributed by atoms with Crippen LogP contribution in [0.2, 0.25) is 0 Å². The van der Waals surface area contributed by atoms with E-state index in [2.05, 4.69) is 13.8 Å². The quantitative estimate of drug-likeness (QED) is 0.615. The summed E-state index contributed by atoms with van der Waals surface area (Å²) in [6.07, 6.45) is 2.44. The molecule has 2 heteroatoms. The van der Waals surface area contributed by atoms with Crippen molar-refractivity contribution in [1.82, 2.24) is 0 Å². The lowest BCUT2D eigenvalue weighted by atomic mass is 9.45. The molecule has 0 radical (unpaired) electrons. The number of rotatable bonds is 1. The first-order valence-electron chi connectivity index (χ1n) is 4.93. The third-order valence-electron chi connectivity index (χ3n) is 4.38. The van der Waals surface area contributed by atoms with Crippen molar-refractivity contribution in [2.75, 3.05) is 6.61 Å². The molecule has 4 atom stereocenters. The topological polar surface area (TPSA) is 46.2 Å². The van der Waals surface area contributed by atoms with Gasteiger partial charge in [-0.1, -0.05) is 13.8 Å². The number of aliphatic hydroxyl groups is 1. The average molecular weight is 169 g/mol. The highest BCUT2D eigenvalue weighted by molar-refractivity contribution is 5.07. The zero-order chi connectivity index (χ0) is 8.93. The molecule has 70 valence electrons. The maximum absolute atomic E-state index is 9.09. The van der Waals surface area contributed by atoms with Crippen LogP contribution in [0.1, 0.15) is 26.7 Å². The molecule has 0 saturated heterocycles. The Hall–Kier alpha value is -0.0800. The van der Waals surface area contributed by atoms with E-state index in [1.165, 1.54) is 6.42 Å². The molecule has 0 spiro atoms. The lowest BCUT2D eigenvalue weighted by molar-refractivity contribution is -0.113. The van der Waals surface area contributed by atoms with Gasteiger partial charge >= 0.3 is 0 Å². The lowest BCUT2D eigenvalue weighted by Crippen LogP contribution is -2.61. The fourth-order valence-electron chi connectivity index (χ4n) is 3.16. The fourth-order valence-corrected chi connectivity index (χ4v) is 3.16. The van der Waals surface area contributed by atoms with E-state index in [9.17, 15) is 0 Å². The summed E-state index contributed by atoms with van der Waals surface area (Å²) in [6, 6.07) is 0.245. The molecular weight excluding hydrogens is 150 g/mol. The van der Waals surface area contributed by atoms with E-state index in [1.54, 1.807) is 0 Å². The van der Waals surface area contributed by atoms with Crippen LogP contribution in [0.15, 0.2) is 0 Å². The van der Waals surface area contributed by atoms with Crippen LogP contribution in [-0.4, -0.2) is 17.8 Å². The molecule has 2 bridgehead atoms. The van der Waals surface area contributed by atoms with Crippen molar-refractivity contribution in [2.45, 2.75) is 32.7 Å². The van der Waals surface area contributed by atoms with Gasteiger partial charge in [0.25, 0.3) is 0 Å². The molecule has 0 unspecified atom stereocenters. The maximum Gasteiger partial charge on any atom is 0.0474 e. The van der Waals surface area contributed by atoms with E-state index in [0.717, 1.165) is 12.3 Å². The zero-order valence-electron chi connectivity index (χ0n) is 7.96. The maximum atomic E-state index is 9.09. The second-order valence-corrected chi connectivity index (χ2v) is 5.12. The molecule has 0 amide bonds. The summed E-state index contributed by atoms with van der Waals surface area (Å²) in [7, 11) is 0. The second kappa shape index (κ2) is 2.46. The smallest absolute Gasteiger partial charge is 0.0474 e. The summed E-state index contributed by atoms with van der Waals surface area (Å²) < 4.78 is 0. The highest BCUT2D eigenvalue weighted by atomic mass is 16.3. The highest BCUT2D eigenvalue weighted by Gasteiger charge is 2.56. The zero-order valence-corrected chi connectivity index (χ0v) is 7.96. The van der Waals surface area contributed by atoms with Crippen LogP contribution in [0.25, 0.3) is 0 Å². The first-order chi connectivity index (χ1) is 5.57. The molecule has 0 aliphatic heterocycles. The summed E-state index contributed by atoms with van der Waals surface area (Å²) in [5, 5.41) is 9.09. The molecule has 0 heterocycles. The lowest BCUT2D eigenvalue weighted by Gasteiger charge is -2.61. The Labute approximate surface area is 74.1 Å². The Morgan fingerprint density at radius 1 is 1.42 bits per heavy atom. The first-order valence-corrected chi connectivity index (χ1v) is 4.93. The van der Waals surface area contributed by atoms with Crippen LogP contribution in [0.3, 0.4) is 0 Å². The largest absolute Gasteiger partial charge is 0.396 e. The Morgan fingerprint density at radius 2 is 2.08 bits per heavy atom. The molecule has 3 aliphatic carbocycles. The van der Waals surface area contributed by atoms with Crippen molar-refractivity contribution in [1.29, 1.82) is 0 Å². The highest BCUT2D eigenvalue weighted by Crippen LogP contribution is 2.59. The Kier molecular flexibility index (Phi) is 1.74. The Morgan fingerprint density at radius 3 is 2.50 bits per heavy atom. The summed E-state index contributed by atoms with van der Waals surface area (Å²) in [4.78, 5) is 0. The molecule has 12 heavy (non-hydrogen) atoms. The fraction of sp³-hybridized carbons (Fsp3) is 1.00. The van der Waals surface area contributed by atoms with E-state index in [-0.39, 0.29) is 12.6 Å². The monoisotopic (exact) mass is 169 g/mol. The predicted octanol–water partition coefficient (Wildman–Crippen LogP) is 0.988. The van der Waals surface area contributed by atoms with Gasteiger partial charge in [0.1, 0.15) is 0 Å². The summed E-state index contributed by atoms with van der Waals surface area (Å²) >= 11 is 0.